The fourth-order valence-electron chi connectivity index (χ4n) is 4.01. The van der Waals surface area contributed by atoms with Gasteiger partial charge in [-0.05, 0) is 29.8 Å². The molecule has 0 radical (unpaired) electrons. The Hall–Kier alpha value is -3.83. The molecular weight excluding hydrogens is 473 g/mol. The summed E-state index contributed by atoms with van der Waals surface area (Å²) in [6.07, 6.45) is 3.60. The molecule has 0 atom stereocenters. The van der Waals surface area contributed by atoms with Crippen LogP contribution in [0.25, 0.3) is 16.3 Å². The number of fused-ring (bicyclic) bond motifs is 1. The maximum Gasteiger partial charge on any atom is 0.300 e. The van der Waals surface area contributed by atoms with Gasteiger partial charge in [0, 0.05) is 49.4 Å². The number of morpholine rings is 1. The molecule has 180 valence electrons. The van der Waals surface area contributed by atoms with Gasteiger partial charge in [0.1, 0.15) is 22.2 Å². The van der Waals surface area contributed by atoms with Crippen LogP contribution >= 0.6 is 11.3 Å². The first-order valence-corrected chi connectivity index (χ1v) is 11.8. The summed E-state index contributed by atoms with van der Waals surface area (Å²) < 4.78 is 20.4. The average Bonchev–Trinajstić information content (AvgIpc) is 3.35. The summed E-state index contributed by atoms with van der Waals surface area (Å²) in [6.45, 7) is 2.67. The number of rotatable bonds is 5. The van der Waals surface area contributed by atoms with Gasteiger partial charge in [0.05, 0.1) is 18.9 Å². The number of nitrogens with zero attached hydrogens (tertiary/aromatic N) is 4. The number of halogens is 1. The van der Waals surface area contributed by atoms with Crippen molar-refractivity contribution in [1.82, 2.24) is 19.7 Å². The van der Waals surface area contributed by atoms with Crippen molar-refractivity contribution in [2.24, 2.45) is 0 Å². The summed E-state index contributed by atoms with van der Waals surface area (Å²) in [7, 11) is 1.48. The third-order valence-corrected chi connectivity index (χ3v) is 6.83. The first-order chi connectivity index (χ1) is 16.9. The number of anilines is 1. The number of benzene rings is 1. The van der Waals surface area contributed by atoms with E-state index in [1.807, 2.05) is 6.07 Å². The van der Waals surface area contributed by atoms with E-state index in [0.717, 1.165) is 23.7 Å². The van der Waals surface area contributed by atoms with Gasteiger partial charge in [-0.1, -0.05) is 6.07 Å². The lowest BCUT2D eigenvalue weighted by Crippen LogP contribution is -2.36. The van der Waals surface area contributed by atoms with Crippen LogP contribution in [0.15, 0.2) is 47.5 Å². The molecule has 1 aliphatic rings. The Labute approximate surface area is 203 Å². The highest BCUT2D eigenvalue weighted by Crippen LogP contribution is 2.31. The third-order valence-electron chi connectivity index (χ3n) is 5.82. The zero-order chi connectivity index (χ0) is 24.5. The number of hydrogen-bond acceptors (Lipinski definition) is 8. The van der Waals surface area contributed by atoms with Crippen LogP contribution in [0.2, 0.25) is 0 Å². The van der Waals surface area contributed by atoms with Gasteiger partial charge >= 0.3 is 5.56 Å². The van der Waals surface area contributed by atoms with Crippen molar-refractivity contribution < 1.29 is 19.0 Å². The second-order valence-electron chi connectivity index (χ2n) is 8.02. The molecule has 5 rings (SSSR count). The van der Waals surface area contributed by atoms with Crippen molar-refractivity contribution in [3.8, 4) is 16.5 Å². The zero-order valence-electron chi connectivity index (χ0n) is 18.8. The molecule has 1 saturated heterocycles. The van der Waals surface area contributed by atoms with Crippen LogP contribution in [0.4, 0.5) is 10.1 Å². The molecule has 4 heterocycles. The molecule has 1 fully saturated rings. The summed E-state index contributed by atoms with van der Waals surface area (Å²) in [5.74, 6) is -1.38. The Balaban J connectivity index is 1.47. The number of nitrogens with one attached hydrogen (secondary N) is 1. The van der Waals surface area contributed by atoms with Gasteiger partial charge in [-0.2, -0.15) is 0 Å². The lowest BCUT2D eigenvalue weighted by Gasteiger charge is -2.28. The number of pyridine rings is 1. The van der Waals surface area contributed by atoms with E-state index in [1.165, 1.54) is 34.9 Å². The van der Waals surface area contributed by atoms with Crippen LogP contribution < -0.4 is 15.8 Å². The van der Waals surface area contributed by atoms with Crippen molar-refractivity contribution in [2.75, 3.05) is 38.3 Å². The van der Waals surface area contributed by atoms with Crippen molar-refractivity contribution >= 4 is 28.6 Å². The number of carbonyl (C=O) groups is 1. The maximum absolute atomic E-state index is 13.7. The van der Waals surface area contributed by atoms with Crippen molar-refractivity contribution in [3.63, 3.8) is 0 Å². The molecule has 0 aliphatic carbocycles. The van der Waals surface area contributed by atoms with Crippen LogP contribution in [0.1, 0.15) is 20.8 Å². The molecule has 2 N–H and O–H groups in total. The number of aromatic hydroxyl groups is 1. The van der Waals surface area contributed by atoms with E-state index in [9.17, 15) is 19.1 Å². The first kappa shape index (κ1) is 22.9. The predicted octanol–water partition coefficient (Wildman–Crippen LogP) is 2.45. The normalized spacial score (nSPS) is 13.8. The summed E-state index contributed by atoms with van der Waals surface area (Å²) in [5.41, 5.74) is 1.61. The van der Waals surface area contributed by atoms with Crippen LogP contribution in [-0.4, -0.2) is 58.7 Å². The SMILES string of the molecule is CNC(=O)c1cc(F)ccc1Cc1cnc(-c2nc3ccc(N4CCOCC4)cn3c(=O)c2O)s1. The molecule has 4 aromatic rings. The van der Waals surface area contributed by atoms with Gasteiger partial charge in [-0.25, -0.2) is 14.4 Å². The van der Waals surface area contributed by atoms with Crippen molar-refractivity contribution in [2.45, 2.75) is 6.42 Å². The Morgan fingerprint density at radius 3 is 2.83 bits per heavy atom. The van der Waals surface area contributed by atoms with E-state index < -0.39 is 17.1 Å². The van der Waals surface area contributed by atoms with Gasteiger partial charge in [0.2, 0.25) is 5.75 Å². The summed E-state index contributed by atoms with van der Waals surface area (Å²) in [5, 5.41) is 13.6. The van der Waals surface area contributed by atoms with Gasteiger partial charge < -0.3 is 20.1 Å². The Kier molecular flexibility index (Phi) is 6.18. The van der Waals surface area contributed by atoms with Crippen LogP contribution in [0.5, 0.6) is 5.75 Å². The highest BCUT2D eigenvalue weighted by atomic mass is 32.1. The van der Waals surface area contributed by atoms with Crippen molar-refractivity contribution in [3.05, 3.63) is 74.9 Å². The molecule has 3 aromatic heterocycles. The van der Waals surface area contributed by atoms with E-state index in [0.29, 0.717) is 35.9 Å². The molecule has 11 heteroatoms. The van der Waals surface area contributed by atoms with Gasteiger partial charge in [0.15, 0.2) is 0 Å². The molecular formula is C24H22FN5O4S. The Morgan fingerprint density at radius 1 is 1.26 bits per heavy atom. The van der Waals surface area contributed by atoms with Crippen LogP contribution in [0, 0.1) is 5.82 Å². The van der Waals surface area contributed by atoms with Gasteiger partial charge in [-0.15, -0.1) is 11.3 Å². The smallest absolute Gasteiger partial charge is 0.300 e. The standard InChI is InChI=1S/C24H22FN5O4S/c1-26-22(32)18-11-15(25)3-2-14(18)10-17-12-27-23(35-17)20-21(31)24(33)30-13-16(4-5-19(30)28-20)29-6-8-34-9-7-29/h2-5,11-13,31H,6-10H2,1H3,(H,26,32). The molecule has 0 saturated carbocycles. The lowest BCUT2D eigenvalue weighted by atomic mass is 10.0. The zero-order valence-corrected chi connectivity index (χ0v) is 19.6. The lowest BCUT2D eigenvalue weighted by molar-refractivity contribution is 0.0962. The Morgan fingerprint density at radius 2 is 2.06 bits per heavy atom. The van der Waals surface area contributed by atoms with Crippen molar-refractivity contribution in [1.29, 1.82) is 0 Å². The summed E-state index contributed by atoms with van der Waals surface area (Å²) in [4.78, 5) is 36.8. The number of ether oxygens (including phenoxy) is 1. The Bertz CT molecular complexity index is 1480. The molecule has 0 bridgehead atoms. The summed E-state index contributed by atoms with van der Waals surface area (Å²) in [6, 6.07) is 7.67. The van der Waals surface area contributed by atoms with E-state index in [-0.39, 0.29) is 17.2 Å². The van der Waals surface area contributed by atoms with E-state index in [1.54, 1.807) is 24.5 Å². The van der Waals surface area contributed by atoms with E-state index >= 15 is 0 Å². The number of aromatic nitrogens is 3. The fraction of sp³-hybridized carbons (Fsp3) is 0.250. The average molecular weight is 496 g/mol. The van der Waals surface area contributed by atoms with Gasteiger partial charge in [0.25, 0.3) is 5.91 Å². The third kappa shape index (κ3) is 4.47. The number of thiazole rings is 1. The van der Waals surface area contributed by atoms with Crippen LogP contribution in [0.3, 0.4) is 0 Å². The summed E-state index contributed by atoms with van der Waals surface area (Å²) >= 11 is 1.24. The molecule has 9 nitrogen and oxygen atoms in total. The topological polar surface area (TPSA) is 109 Å². The highest BCUT2D eigenvalue weighted by Gasteiger charge is 2.19. The minimum absolute atomic E-state index is 0.0935. The molecule has 1 amide bonds. The second-order valence-corrected chi connectivity index (χ2v) is 9.13. The minimum atomic E-state index is -0.586. The first-order valence-electron chi connectivity index (χ1n) is 11.0. The maximum atomic E-state index is 13.7. The number of hydrogen-bond donors (Lipinski definition) is 2. The molecule has 1 aliphatic heterocycles. The second kappa shape index (κ2) is 9.43. The number of amides is 1. The van der Waals surface area contributed by atoms with E-state index in [2.05, 4.69) is 20.2 Å². The highest BCUT2D eigenvalue weighted by molar-refractivity contribution is 7.15. The van der Waals surface area contributed by atoms with Gasteiger partial charge in [-0.3, -0.25) is 14.0 Å². The molecule has 1 aromatic carbocycles. The molecule has 0 spiro atoms. The monoisotopic (exact) mass is 495 g/mol. The number of carbonyl (C=O) groups excluding carboxylic acids is 1. The quantitative estimate of drug-likeness (QED) is 0.438. The minimum Gasteiger partial charge on any atom is -0.501 e. The largest absolute Gasteiger partial charge is 0.501 e. The predicted molar refractivity (Wildman–Crippen MR) is 130 cm³/mol. The fourth-order valence-corrected chi connectivity index (χ4v) is 4.94. The van der Waals surface area contributed by atoms with Crippen LogP contribution in [-0.2, 0) is 11.2 Å². The molecule has 35 heavy (non-hydrogen) atoms. The molecule has 0 unspecified atom stereocenters. The van der Waals surface area contributed by atoms with E-state index in [4.69, 9.17) is 4.74 Å².